The van der Waals surface area contributed by atoms with E-state index in [1.807, 2.05) is 38.1 Å². The summed E-state index contributed by atoms with van der Waals surface area (Å²) in [7, 11) is 0. The van der Waals surface area contributed by atoms with Gasteiger partial charge in [0, 0.05) is 35.6 Å². The lowest BCUT2D eigenvalue weighted by Gasteiger charge is -2.31. The molecule has 0 spiro atoms. The summed E-state index contributed by atoms with van der Waals surface area (Å²) in [6, 6.07) is 7.82. The molecule has 1 aliphatic heterocycles. The molecule has 0 radical (unpaired) electrons. The van der Waals surface area contributed by atoms with Crippen LogP contribution in [0.25, 0.3) is 0 Å². The van der Waals surface area contributed by atoms with E-state index < -0.39 is 0 Å². The van der Waals surface area contributed by atoms with E-state index in [0.29, 0.717) is 5.92 Å². The molecule has 1 aromatic heterocycles. The van der Waals surface area contributed by atoms with Crippen molar-refractivity contribution < 1.29 is 0 Å². The van der Waals surface area contributed by atoms with Crippen molar-refractivity contribution >= 4 is 29.1 Å². The third-order valence-electron chi connectivity index (χ3n) is 4.31. The Kier molecular flexibility index (Phi) is 4.71. The second kappa shape index (κ2) is 6.75. The number of anilines is 3. The average Bonchev–Trinajstić information content (AvgIpc) is 2.51. The minimum atomic E-state index is 0.694. The highest BCUT2D eigenvalue weighted by Crippen LogP contribution is 2.27. The fourth-order valence-corrected chi connectivity index (χ4v) is 3.18. The summed E-state index contributed by atoms with van der Waals surface area (Å²) in [5.41, 5.74) is 2.97. The Morgan fingerprint density at radius 1 is 1.26 bits per heavy atom. The molecule has 1 aliphatic rings. The molecule has 4 nitrogen and oxygen atoms in total. The predicted molar refractivity (Wildman–Crippen MR) is 96.9 cm³/mol. The van der Waals surface area contributed by atoms with Crippen molar-refractivity contribution in [2.24, 2.45) is 5.92 Å². The van der Waals surface area contributed by atoms with Crippen LogP contribution in [0.1, 0.15) is 31.0 Å². The van der Waals surface area contributed by atoms with Crippen LogP contribution in [0.4, 0.5) is 17.5 Å². The van der Waals surface area contributed by atoms with Gasteiger partial charge in [-0.2, -0.15) is 4.98 Å². The second-order valence-electron chi connectivity index (χ2n) is 6.43. The number of piperidine rings is 1. The van der Waals surface area contributed by atoms with Gasteiger partial charge in [-0.15, -0.1) is 0 Å². The van der Waals surface area contributed by atoms with Crippen molar-refractivity contribution in [1.82, 2.24) is 9.97 Å². The van der Waals surface area contributed by atoms with E-state index >= 15 is 0 Å². The van der Waals surface area contributed by atoms with Crippen molar-refractivity contribution in [3.63, 3.8) is 0 Å². The highest BCUT2D eigenvalue weighted by Gasteiger charge is 2.19. The van der Waals surface area contributed by atoms with E-state index in [0.717, 1.165) is 46.8 Å². The standard InChI is InChI=1S/C18H23ClN4/c1-12-6-5-9-23(11-12)18-20-13(2)10-17(22-18)21-16-8-4-7-15(19)14(16)3/h4,7-8,10,12H,5-6,9,11H2,1-3H3,(H,20,21,22). The normalized spacial score (nSPS) is 18.1. The molecule has 0 amide bonds. The van der Waals surface area contributed by atoms with Crippen LogP contribution in [0.15, 0.2) is 24.3 Å². The van der Waals surface area contributed by atoms with E-state index in [1.165, 1.54) is 12.8 Å². The first kappa shape index (κ1) is 16.1. The minimum absolute atomic E-state index is 0.694. The fourth-order valence-electron chi connectivity index (χ4n) is 3.01. The molecule has 3 rings (SSSR count). The number of aromatic nitrogens is 2. The number of halogens is 1. The summed E-state index contributed by atoms with van der Waals surface area (Å²) >= 11 is 6.20. The Morgan fingerprint density at radius 2 is 2.09 bits per heavy atom. The number of rotatable bonds is 3. The first-order chi connectivity index (χ1) is 11.0. The van der Waals surface area contributed by atoms with Gasteiger partial charge < -0.3 is 10.2 Å². The molecule has 1 unspecified atom stereocenters. The maximum absolute atomic E-state index is 6.20. The SMILES string of the molecule is Cc1cc(Nc2cccc(Cl)c2C)nc(N2CCCC(C)C2)n1. The molecule has 1 atom stereocenters. The van der Waals surface area contributed by atoms with E-state index in [2.05, 4.69) is 22.1 Å². The number of benzene rings is 1. The van der Waals surface area contributed by atoms with Crippen molar-refractivity contribution in [3.8, 4) is 0 Å². The van der Waals surface area contributed by atoms with Crippen molar-refractivity contribution in [1.29, 1.82) is 0 Å². The molecule has 2 heterocycles. The number of nitrogens with one attached hydrogen (secondary N) is 1. The van der Waals surface area contributed by atoms with Crippen molar-refractivity contribution in [2.45, 2.75) is 33.6 Å². The van der Waals surface area contributed by atoms with Crippen LogP contribution in [0.3, 0.4) is 0 Å². The molecule has 1 saturated heterocycles. The number of nitrogens with zero attached hydrogens (tertiary/aromatic N) is 3. The first-order valence-corrected chi connectivity index (χ1v) is 8.53. The Balaban J connectivity index is 1.87. The molecule has 0 saturated carbocycles. The Morgan fingerprint density at radius 3 is 2.87 bits per heavy atom. The van der Waals surface area contributed by atoms with Crippen molar-refractivity contribution in [3.05, 3.63) is 40.5 Å². The molecule has 2 aromatic rings. The summed E-state index contributed by atoms with van der Waals surface area (Å²) in [6.07, 6.45) is 2.49. The molecule has 0 aliphatic carbocycles. The Labute approximate surface area is 142 Å². The Bertz CT molecular complexity index is 701. The molecule has 1 N–H and O–H groups in total. The highest BCUT2D eigenvalue weighted by atomic mass is 35.5. The smallest absolute Gasteiger partial charge is 0.227 e. The number of aryl methyl sites for hydroxylation is 1. The summed E-state index contributed by atoms with van der Waals surface area (Å²) in [4.78, 5) is 11.6. The van der Waals surface area contributed by atoms with Gasteiger partial charge in [-0.1, -0.05) is 24.6 Å². The third kappa shape index (κ3) is 3.75. The summed E-state index contributed by atoms with van der Waals surface area (Å²) in [6.45, 7) is 8.36. The first-order valence-electron chi connectivity index (χ1n) is 8.15. The van der Waals surface area contributed by atoms with Gasteiger partial charge in [0.15, 0.2) is 0 Å². The lowest BCUT2D eigenvalue weighted by Crippen LogP contribution is -2.35. The predicted octanol–water partition coefficient (Wildman–Crippen LogP) is 4.73. The third-order valence-corrected chi connectivity index (χ3v) is 4.72. The quantitative estimate of drug-likeness (QED) is 0.883. The van der Waals surface area contributed by atoms with Crippen LogP contribution in [0.2, 0.25) is 5.02 Å². The van der Waals surface area contributed by atoms with Gasteiger partial charge in [0.2, 0.25) is 5.95 Å². The summed E-state index contributed by atoms with van der Waals surface area (Å²) in [5, 5.41) is 4.14. The molecule has 5 heteroatoms. The van der Waals surface area contributed by atoms with E-state index in [4.69, 9.17) is 16.6 Å². The molecular formula is C18H23ClN4. The molecular weight excluding hydrogens is 308 g/mol. The van der Waals surface area contributed by atoms with E-state index in [1.54, 1.807) is 0 Å². The average molecular weight is 331 g/mol. The van der Waals surface area contributed by atoms with Gasteiger partial charge in [-0.3, -0.25) is 0 Å². The van der Waals surface area contributed by atoms with Crippen LogP contribution < -0.4 is 10.2 Å². The highest BCUT2D eigenvalue weighted by molar-refractivity contribution is 6.31. The van der Waals surface area contributed by atoms with Gasteiger partial charge in [-0.25, -0.2) is 4.98 Å². The zero-order valence-corrected chi connectivity index (χ0v) is 14.7. The molecule has 1 fully saturated rings. The van der Waals surface area contributed by atoms with Gasteiger partial charge in [0.05, 0.1) is 0 Å². The van der Waals surface area contributed by atoms with Crippen LogP contribution in [0.5, 0.6) is 0 Å². The molecule has 0 bridgehead atoms. The minimum Gasteiger partial charge on any atom is -0.340 e. The number of hydrogen-bond acceptors (Lipinski definition) is 4. The number of hydrogen-bond donors (Lipinski definition) is 1. The fraction of sp³-hybridized carbons (Fsp3) is 0.444. The monoisotopic (exact) mass is 330 g/mol. The maximum atomic E-state index is 6.20. The topological polar surface area (TPSA) is 41.1 Å². The largest absolute Gasteiger partial charge is 0.340 e. The lowest BCUT2D eigenvalue weighted by atomic mass is 10.0. The summed E-state index contributed by atoms with van der Waals surface area (Å²) < 4.78 is 0. The van der Waals surface area contributed by atoms with Gasteiger partial charge >= 0.3 is 0 Å². The maximum Gasteiger partial charge on any atom is 0.227 e. The zero-order valence-electron chi connectivity index (χ0n) is 13.9. The molecule has 122 valence electrons. The molecule has 1 aromatic carbocycles. The van der Waals surface area contributed by atoms with Gasteiger partial charge in [0.1, 0.15) is 5.82 Å². The van der Waals surface area contributed by atoms with Crippen LogP contribution in [-0.4, -0.2) is 23.1 Å². The molecule has 23 heavy (non-hydrogen) atoms. The van der Waals surface area contributed by atoms with Crippen LogP contribution in [-0.2, 0) is 0 Å². The van der Waals surface area contributed by atoms with Crippen LogP contribution >= 0.6 is 11.6 Å². The van der Waals surface area contributed by atoms with Gasteiger partial charge in [0.25, 0.3) is 0 Å². The Hall–Kier alpha value is -1.81. The zero-order chi connectivity index (χ0) is 16.4. The second-order valence-corrected chi connectivity index (χ2v) is 6.83. The van der Waals surface area contributed by atoms with Crippen LogP contribution in [0, 0.1) is 19.8 Å². The van der Waals surface area contributed by atoms with Crippen molar-refractivity contribution in [2.75, 3.05) is 23.3 Å². The van der Waals surface area contributed by atoms with E-state index in [9.17, 15) is 0 Å². The lowest BCUT2D eigenvalue weighted by molar-refractivity contribution is 0.442. The summed E-state index contributed by atoms with van der Waals surface area (Å²) in [5.74, 6) is 2.33. The van der Waals surface area contributed by atoms with E-state index in [-0.39, 0.29) is 0 Å². The van der Waals surface area contributed by atoms with Gasteiger partial charge in [-0.05, 0) is 50.3 Å².